The molecular weight excluding hydrogens is 422 g/mol. The predicted molar refractivity (Wildman–Crippen MR) is 125 cm³/mol. The molecule has 0 bridgehead atoms. The monoisotopic (exact) mass is 447 g/mol. The fourth-order valence-electron chi connectivity index (χ4n) is 4.14. The second kappa shape index (κ2) is 9.25. The van der Waals surface area contributed by atoms with Crippen molar-refractivity contribution in [1.29, 1.82) is 0 Å². The van der Waals surface area contributed by atoms with Gasteiger partial charge in [-0.2, -0.15) is 5.10 Å². The van der Waals surface area contributed by atoms with Gasteiger partial charge in [0.25, 0.3) is 11.9 Å². The van der Waals surface area contributed by atoms with Crippen molar-refractivity contribution in [2.75, 3.05) is 11.9 Å². The molecule has 2 aromatic carbocycles. The summed E-state index contributed by atoms with van der Waals surface area (Å²) in [5, 5.41) is 15.2. The van der Waals surface area contributed by atoms with Gasteiger partial charge in [-0.3, -0.25) is 14.4 Å². The largest absolute Gasteiger partial charge is 0.481 e. The molecule has 2 heterocycles. The SMILES string of the molecule is CC(=O)O.NCCn1cc2c3c(cc(NC(=O)[C@@H]4C[C@H]4c4ccccc4)cc31)C(=O)NN=C2. The Balaban J connectivity index is 0.000000601. The summed E-state index contributed by atoms with van der Waals surface area (Å²) < 4.78 is 2.00. The summed E-state index contributed by atoms with van der Waals surface area (Å²) in [4.78, 5) is 34.3. The number of aliphatic carboxylic acids is 1. The smallest absolute Gasteiger partial charge is 0.300 e. The summed E-state index contributed by atoms with van der Waals surface area (Å²) in [6.45, 7) is 2.17. The number of carboxylic acids is 1. The molecule has 0 saturated heterocycles. The van der Waals surface area contributed by atoms with Gasteiger partial charge >= 0.3 is 0 Å². The quantitative estimate of drug-likeness (QED) is 0.476. The summed E-state index contributed by atoms with van der Waals surface area (Å²) in [6.07, 6.45) is 4.41. The van der Waals surface area contributed by atoms with E-state index in [-0.39, 0.29) is 23.7 Å². The predicted octanol–water partition coefficient (Wildman–Crippen LogP) is 2.51. The number of aromatic nitrogens is 1. The standard InChI is InChI=1S/C22H21N5O2.C2H4O2/c23-6-7-27-12-14-11-24-26-22(29)18-8-15(9-19(27)20(14)18)25-21(28)17-10-16(17)13-4-2-1-3-5-13;1-2(3)4/h1-5,8-9,11-12,16-17H,6-7,10,23H2,(H,25,28)(H,26,29);1H3,(H,3,4)/t16-,17+;/m0./s1. The maximum Gasteiger partial charge on any atom is 0.300 e. The summed E-state index contributed by atoms with van der Waals surface area (Å²) in [6, 6.07) is 13.7. The van der Waals surface area contributed by atoms with Crippen LogP contribution in [0.2, 0.25) is 0 Å². The van der Waals surface area contributed by atoms with E-state index >= 15 is 0 Å². The molecule has 1 aromatic heterocycles. The Labute approximate surface area is 190 Å². The first kappa shape index (κ1) is 22.2. The first-order valence-corrected chi connectivity index (χ1v) is 10.6. The molecule has 1 aliphatic carbocycles. The minimum absolute atomic E-state index is 0.0205. The number of nitrogens with two attached hydrogens (primary N) is 1. The molecule has 1 aliphatic heterocycles. The van der Waals surface area contributed by atoms with E-state index in [2.05, 4.69) is 28.0 Å². The van der Waals surface area contributed by atoms with Crippen molar-refractivity contribution >= 4 is 40.6 Å². The van der Waals surface area contributed by atoms with E-state index in [0.717, 1.165) is 29.8 Å². The van der Waals surface area contributed by atoms with Crippen LogP contribution in [0.1, 0.15) is 40.7 Å². The lowest BCUT2D eigenvalue weighted by atomic mass is 10.0. The first-order valence-electron chi connectivity index (χ1n) is 10.6. The van der Waals surface area contributed by atoms with Crippen molar-refractivity contribution in [3.05, 3.63) is 65.4 Å². The van der Waals surface area contributed by atoms with Crippen LogP contribution in [0.5, 0.6) is 0 Å². The number of anilines is 1. The van der Waals surface area contributed by atoms with Gasteiger partial charge in [0.15, 0.2) is 0 Å². The summed E-state index contributed by atoms with van der Waals surface area (Å²) in [7, 11) is 0. The Bertz CT molecular complexity index is 1240. The molecule has 9 heteroatoms. The Morgan fingerprint density at radius 1 is 1.27 bits per heavy atom. The molecule has 0 unspecified atom stereocenters. The lowest BCUT2D eigenvalue weighted by Crippen LogP contribution is -2.18. The molecule has 2 amide bonds. The Morgan fingerprint density at radius 2 is 2.00 bits per heavy atom. The van der Waals surface area contributed by atoms with E-state index in [1.807, 2.05) is 35.0 Å². The maximum atomic E-state index is 12.8. The van der Waals surface area contributed by atoms with E-state index in [1.165, 1.54) is 5.56 Å². The topological polar surface area (TPSA) is 139 Å². The number of nitrogens with one attached hydrogen (secondary N) is 2. The number of benzene rings is 2. The van der Waals surface area contributed by atoms with Gasteiger partial charge in [-0.25, -0.2) is 5.43 Å². The lowest BCUT2D eigenvalue weighted by molar-refractivity contribution is -0.134. The van der Waals surface area contributed by atoms with Gasteiger partial charge in [0.2, 0.25) is 5.91 Å². The Kier molecular flexibility index (Phi) is 6.23. The number of nitrogens with zero attached hydrogens (tertiary/aromatic N) is 2. The highest BCUT2D eigenvalue weighted by molar-refractivity contribution is 6.15. The third-order valence-electron chi connectivity index (χ3n) is 5.62. The number of carbonyl (C=O) groups excluding carboxylic acids is 2. The maximum absolute atomic E-state index is 12.8. The van der Waals surface area contributed by atoms with Gasteiger partial charge in [-0.15, -0.1) is 0 Å². The molecule has 33 heavy (non-hydrogen) atoms. The molecule has 0 radical (unpaired) electrons. The van der Waals surface area contributed by atoms with Crippen LogP contribution in [0.25, 0.3) is 10.9 Å². The van der Waals surface area contributed by atoms with Crippen molar-refractivity contribution in [1.82, 2.24) is 9.99 Å². The van der Waals surface area contributed by atoms with E-state index in [4.69, 9.17) is 15.6 Å². The highest BCUT2D eigenvalue weighted by Gasteiger charge is 2.43. The van der Waals surface area contributed by atoms with Crippen LogP contribution in [0, 0.1) is 5.92 Å². The second-order valence-electron chi connectivity index (χ2n) is 8.05. The molecule has 1 fully saturated rings. The van der Waals surface area contributed by atoms with Crippen molar-refractivity contribution < 1.29 is 19.5 Å². The summed E-state index contributed by atoms with van der Waals surface area (Å²) in [5.41, 5.74) is 12.3. The zero-order valence-electron chi connectivity index (χ0n) is 18.1. The van der Waals surface area contributed by atoms with E-state index in [9.17, 15) is 9.59 Å². The third kappa shape index (κ3) is 4.78. The molecule has 2 atom stereocenters. The van der Waals surface area contributed by atoms with Crippen LogP contribution >= 0.6 is 0 Å². The minimum Gasteiger partial charge on any atom is -0.481 e. The molecule has 5 rings (SSSR count). The van der Waals surface area contributed by atoms with Gasteiger partial charge in [-0.1, -0.05) is 30.3 Å². The fraction of sp³-hybridized carbons (Fsp3) is 0.250. The van der Waals surface area contributed by atoms with Crippen molar-refractivity contribution in [3.8, 4) is 0 Å². The van der Waals surface area contributed by atoms with E-state index in [1.54, 1.807) is 12.3 Å². The summed E-state index contributed by atoms with van der Waals surface area (Å²) >= 11 is 0. The number of rotatable bonds is 5. The summed E-state index contributed by atoms with van der Waals surface area (Å²) in [5.74, 6) is -0.935. The van der Waals surface area contributed by atoms with Crippen molar-refractivity contribution in [2.24, 2.45) is 16.8 Å². The van der Waals surface area contributed by atoms with Crippen LogP contribution in [-0.4, -0.2) is 40.2 Å². The van der Waals surface area contributed by atoms with Crippen molar-refractivity contribution in [2.45, 2.75) is 25.8 Å². The zero-order chi connectivity index (χ0) is 23.5. The molecule has 9 nitrogen and oxygen atoms in total. The third-order valence-corrected chi connectivity index (χ3v) is 5.62. The number of hydrazone groups is 1. The van der Waals surface area contributed by atoms with Crippen LogP contribution < -0.4 is 16.5 Å². The normalized spacial score (nSPS) is 18.1. The number of hydrogen-bond donors (Lipinski definition) is 4. The molecule has 0 spiro atoms. The average Bonchev–Trinajstić information content (AvgIpc) is 3.54. The van der Waals surface area contributed by atoms with E-state index in [0.29, 0.717) is 24.3 Å². The van der Waals surface area contributed by atoms with Gasteiger partial charge in [0, 0.05) is 48.8 Å². The molecule has 2 aliphatic rings. The number of carbonyl (C=O) groups is 3. The van der Waals surface area contributed by atoms with Gasteiger partial charge in [0.05, 0.1) is 17.3 Å². The molecule has 170 valence electrons. The lowest BCUT2D eigenvalue weighted by Gasteiger charge is -2.11. The van der Waals surface area contributed by atoms with Crippen LogP contribution in [0.15, 0.2) is 53.8 Å². The van der Waals surface area contributed by atoms with Gasteiger partial charge < -0.3 is 20.7 Å². The Morgan fingerprint density at radius 3 is 2.70 bits per heavy atom. The molecular formula is C24H25N5O4. The average molecular weight is 447 g/mol. The molecule has 5 N–H and O–H groups in total. The molecule has 1 saturated carbocycles. The number of amides is 2. The second-order valence-corrected chi connectivity index (χ2v) is 8.05. The Hall–Kier alpha value is -3.98. The number of hydrogen-bond acceptors (Lipinski definition) is 5. The van der Waals surface area contributed by atoms with Gasteiger partial charge in [0.1, 0.15) is 0 Å². The van der Waals surface area contributed by atoms with Crippen molar-refractivity contribution in [3.63, 3.8) is 0 Å². The van der Waals surface area contributed by atoms with Crippen LogP contribution in [0.4, 0.5) is 5.69 Å². The highest BCUT2D eigenvalue weighted by atomic mass is 16.4. The zero-order valence-corrected chi connectivity index (χ0v) is 18.1. The van der Waals surface area contributed by atoms with Gasteiger partial charge in [-0.05, 0) is 30.0 Å². The fourth-order valence-corrected chi connectivity index (χ4v) is 4.14. The first-order chi connectivity index (χ1) is 15.9. The van der Waals surface area contributed by atoms with Crippen LogP contribution in [0.3, 0.4) is 0 Å². The molecule has 3 aromatic rings. The highest BCUT2D eigenvalue weighted by Crippen LogP contribution is 2.48. The van der Waals surface area contributed by atoms with E-state index < -0.39 is 5.97 Å². The van der Waals surface area contributed by atoms with Crippen LogP contribution in [-0.2, 0) is 16.1 Å². The number of carboxylic acid groups (broad SMARTS) is 1. The minimum atomic E-state index is -0.833.